The maximum Gasteiger partial charge on any atom is 0.243 e. The van der Waals surface area contributed by atoms with Gasteiger partial charge in [0.15, 0.2) is 0 Å². The molecule has 1 aliphatic heterocycles. The van der Waals surface area contributed by atoms with Crippen molar-refractivity contribution in [3.63, 3.8) is 0 Å². The number of benzene rings is 1. The third kappa shape index (κ3) is 3.60. The van der Waals surface area contributed by atoms with Crippen molar-refractivity contribution in [1.29, 1.82) is 5.26 Å². The van der Waals surface area contributed by atoms with Gasteiger partial charge in [-0.25, -0.2) is 8.42 Å². The first-order valence-corrected chi connectivity index (χ1v) is 8.15. The first-order chi connectivity index (χ1) is 9.93. The summed E-state index contributed by atoms with van der Waals surface area (Å²) in [6.45, 7) is 2.22. The molecule has 1 heterocycles. The van der Waals surface area contributed by atoms with Crippen molar-refractivity contribution in [1.82, 2.24) is 9.62 Å². The highest BCUT2D eigenvalue weighted by Gasteiger charge is 2.29. The largest absolute Gasteiger partial charge is 0.354 e. The van der Waals surface area contributed by atoms with Crippen molar-refractivity contribution < 1.29 is 13.2 Å². The van der Waals surface area contributed by atoms with Crippen LogP contribution in [-0.4, -0.2) is 37.8 Å². The molecule has 0 bridgehead atoms. The molecule has 0 unspecified atom stereocenters. The summed E-state index contributed by atoms with van der Waals surface area (Å²) in [7, 11) is -3.53. The van der Waals surface area contributed by atoms with Crippen LogP contribution in [0.3, 0.4) is 0 Å². The Morgan fingerprint density at radius 2 is 1.86 bits per heavy atom. The van der Waals surface area contributed by atoms with Crippen LogP contribution in [0.2, 0.25) is 0 Å². The molecule has 0 saturated carbocycles. The lowest BCUT2D eigenvalue weighted by Gasteiger charge is -2.31. The molecule has 1 N–H and O–H groups in total. The van der Waals surface area contributed by atoms with Crippen molar-refractivity contribution in [2.45, 2.75) is 30.7 Å². The predicted octanol–water partition coefficient (Wildman–Crippen LogP) is 0.847. The molecule has 0 aliphatic carbocycles. The van der Waals surface area contributed by atoms with Crippen LogP contribution in [0.25, 0.3) is 0 Å². The SMILES string of the molecule is CC(=O)NC1CCN(S(=O)(=O)c2ccc(C#N)cc2)CC1. The Hall–Kier alpha value is -1.91. The summed E-state index contributed by atoms with van der Waals surface area (Å²) in [5.41, 5.74) is 0.429. The van der Waals surface area contributed by atoms with Crippen LogP contribution in [0, 0.1) is 11.3 Å². The van der Waals surface area contributed by atoms with E-state index >= 15 is 0 Å². The van der Waals surface area contributed by atoms with Gasteiger partial charge in [-0.1, -0.05) is 0 Å². The Kier molecular flexibility index (Phi) is 4.60. The number of nitrogens with zero attached hydrogens (tertiary/aromatic N) is 2. The van der Waals surface area contributed by atoms with Gasteiger partial charge >= 0.3 is 0 Å². The molecule has 2 rings (SSSR count). The van der Waals surface area contributed by atoms with E-state index in [2.05, 4.69) is 5.32 Å². The summed E-state index contributed by atoms with van der Waals surface area (Å²) in [6.07, 6.45) is 1.21. The molecule has 0 radical (unpaired) electrons. The van der Waals surface area contributed by atoms with E-state index in [0.717, 1.165) is 0 Å². The fourth-order valence-corrected chi connectivity index (χ4v) is 3.85. The molecule has 0 aromatic heterocycles. The summed E-state index contributed by atoms with van der Waals surface area (Å²) in [6, 6.07) is 7.90. The Bertz CT molecular complexity index is 654. The summed E-state index contributed by atoms with van der Waals surface area (Å²) in [4.78, 5) is 11.2. The van der Waals surface area contributed by atoms with Gasteiger partial charge in [-0.15, -0.1) is 0 Å². The minimum absolute atomic E-state index is 0.0370. The number of piperidine rings is 1. The van der Waals surface area contributed by atoms with Gasteiger partial charge in [-0.05, 0) is 37.1 Å². The van der Waals surface area contributed by atoms with E-state index in [1.165, 1.54) is 35.5 Å². The van der Waals surface area contributed by atoms with Crippen molar-refractivity contribution in [2.75, 3.05) is 13.1 Å². The van der Waals surface area contributed by atoms with Gasteiger partial charge in [0.1, 0.15) is 0 Å². The molecule has 0 atom stereocenters. The summed E-state index contributed by atoms with van der Waals surface area (Å²) < 4.78 is 26.4. The van der Waals surface area contributed by atoms with Crippen LogP contribution in [0.5, 0.6) is 0 Å². The lowest BCUT2D eigenvalue weighted by atomic mass is 10.1. The minimum Gasteiger partial charge on any atom is -0.354 e. The molecule has 0 spiro atoms. The van der Waals surface area contributed by atoms with Crippen LogP contribution in [-0.2, 0) is 14.8 Å². The number of nitrogens with one attached hydrogen (secondary N) is 1. The van der Waals surface area contributed by atoms with Crippen molar-refractivity contribution in [3.8, 4) is 6.07 Å². The zero-order valence-electron chi connectivity index (χ0n) is 11.7. The highest BCUT2D eigenvalue weighted by atomic mass is 32.2. The number of sulfonamides is 1. The van der Waals surface area contributed by atoms with Gasteiger partial charge in [0.2, 0.25) is 15.9 Å². The number of carbonyl (C=O) groups excluding carboxylic acids is 1. The number of amides is 1. The highest BCUT2D eigenvalue weighted by molar-refractivity contribution is 7.89. The van der Waals surface area contributed by atoms with E-state index < -0.39 is 10.0 Å². The molecular formula is C14H17N3O3S. The van der Waals surface area contributed by atoms with Crippen molar-refractivity contribution in [2.24, 2.45) is 0 Å². The van der Waals surface area contributed by atoms with Crippen LogP contribution in [0.15, 0.2) is 29.2 Å². The average Bonchev–Trinajstić information content (AvgIpc) is 2.47. The second-order valence-corrected chi connectivity index (χ2v) is 6.95. The quantitative estimate of drug-likeness (QED) is 0.896. The van der Waals surface area contributed by atoms with Crippen molar-refractivity contribution >= 4 is 15.9 Å². The maximum absolute atomic E-state index is 12.5. The topological polar surface area (TPSA) is 90.3 Å². The first kappa shape index (κ1) is 15.5. The van der Waals surface area contributed by atoms with E-state index in [4.69, 9.17) is 5.26 Å². The summed E-state index contributed by atoms with van der Waals surface area (Å²) in [5, 5.41) is 11.5. The Labute approximate surface area is 124 Å². The van der Waals surface area contributed by atoms with Crippen molar-refractivity contribution in [3.05, 3.63) is 29.8 Å². The van der Waals surface area contributed by atoms with E-state index in [0.29, 0.717) is 31.5 Å². The van der Waals surface area contributed by atoms with Crippen LogP contribution < -0.4 is 5.32 Å². The van der Waals surface area contributed by atoms with Gasteiger partial charge in [-0.2, -0.15) is 9.57 Å². The van der Waals surface area contributed by atoms with Crippen LogP contribution in [0.1, 0.15) is 25.3 Å². The number of carbonyl (C=O) groups is 1. The molecule has 21 heavy (non-hydrogen) atoms. The lowest BCUT2D eigenvalue weighted by molar-refractivity contribution is -0.119. The highest BCUT2D eigenvalue weighted by Crippen LogP contribution is 2.21. The Morgan fingerprint density at radius 3 is 2.33 bits per heavy atom. The zero-order chi connectivity index (χ0) is 15.5. The minimum atomic E-state index is -3.53. The first-order valence-electron chi connectivity index (χ1n) is 6.71. The summed E-state index contributed by atoms with van der Waals surface area (Å²) >= 11 is 0. The van der Waals surface area contributed by atoms with E-state index in [1.54, 1.807) is 0 Å². The number of rotatable bonds is 3. The Morgan fingerprint density at radius 1 is 1.29 bits per heavy atom. The third-order valence-corrected chi connectivity index (χ3v) is 5.40. The van der Waals surface area contributed by atoms with Gasteiger partial charge in [0.25, 0.3) is 0 Å². The monoisotopic (exact) mass is 307 g/mol. The zero-order valence-corrected chi connectivity index (χ0v) is 12.6. The lowest BCUT2D eigenvalue weighted by Crippen LogP contribution is -2.45. The second kappa shape index (κ2) is 6.24. The Balaban J connectivity index is 2.07. The van der Waals surface area contributed by atoms with E-state index in [9.17, 15) is 13.2 Å². The molecule has 1 fully saturated rings. The second-order valence-electron chi connectivity index (χ2n) is 5.02. The molecule has 7 heteroatoms. The van der Waals surface area contributed by atoms with Gasteiger partial charge in [0, 0.05) is 26.1 Å². The fourth-order valence-electron chi connectivity index (χ4n) is 2.38. The molecule has 112 valence electrons. The molecule has 1 aromatic rings. The molecule has 6 nitrogen and oxygen atoms in total. The van der Waals surface area contributed by atoms with Gasteiger partial charge in [-0.3, -0.25) is 4.79 Å². The van der Waals surface area contributed by atoms with E-state index in [1.807, 2.05) is 6.07 Å². The van der Waals surface area contributed by atoms with Gasteiger partial charge < -0.3 is 5.32 Å². The third-order valence-electron chi connectivity index (χ3n) is 3.48. The maximum atomic E-state index is 12.5. The summed E-state index contributed by atoms with van der Waals surface area (Å²) in [5.74, 6) is -0.0941. The molecule has 1 aliphatic rings. The average molecular weight is 307 g/mol. The standard InChI is InChI=1S/C14H17N3O3S/c1-11(18)16-13-6-8-17(9-7-13)21(19,20)14-4-2-12(10-15)3-5-14/h2-5,13H,6-9H2,1H3,(H,16,18). The normalized spacial score (nSPS) is 17.1. The van der Waals surface area contributed by atoms with Crippen LogP contribution in [0.4, 0.5) is 0 Å². The van der Waals surface area contributed by atoms with E-state index in [-0.39, 0.29) is 16.8 Å². The van der Waals surface area contributed by atoms with Gasteiger partial charge in [0.05, 0.1) is 16.5 Å². The number of nitriles is 1. The molecule has 1 aromatic carbocycles. The predicted molar refractivity (Wildman–Crippen MR) is 76.8 cm³/mol. The molecular weight excluding hydrogens is 290 g/mol. The molecule has 1 amide bonds. The number of hydrogen-bond acceptors (Lipinski definition) is 4. The number of hydrogen-bond donors (Lipinski definition) is 1. The molecule has 1 saturated heterocycles. The van der Waals surface area contributed by atoms with Crippen LogP contribution >= 0.6 is 0 Å². The smallest absolute Gasteiger partial charge is 0.243 e. The fraction of sp³-hybridized carbons (Fsp3) is 0.429.